The fraction of sp³-hybridized carbons (Fsp3) is 0.164. The van der Waals surface area contributed by atoms with Gasteiger partial charge < -0.3 is 39.7 Å². The van der Waals surface area contributed by atoms with Crippen LogP contribution in [0.2, 0.25) is 0 Å². The van der Waals surface area contributed by atoms with E-state index in [9.17, 15) is 37.3 Å². The van der Waals surface area contributed by atoms with Gasteiger partial charge >= 0.3 is 12.0 Å². The number of fused-ring (bicyclic) bond motifs is 2. The number of urea groups is 1. The summed E-state index contributed by atoms with van der Waals surface area (Å²) >= 11 is 0. The summed E-state index contributed by atoms with van der Waals surface area (Å²) in [5, 5.41) is 33.8. The molecule has 0 spiro atoms. The number of methoxy groups -OCH3 is 1. The maximum absolute atomic E-state index is 12.9. The number of hydrazone groups is 1. The zero-order chi connectivity index (χ0) is 53.8. The number of aryl methyl sites for hydroxylation is 2. The molecule has 75 heavy (non-hydrogen) atoms. The first-order chi connectivity index (χ1) is 36.0. The molecule has 20 heteroatoms. The van der Waals surface area contributed by atoms with Crippen molar-refractivity contribution in [2.75, 3.05) is 48.2 Å². The van der Waals surface area contributed by atoms with E-state index in [0.29, 0.717) is 34.9 Å². The quantitative estimate of drug-likeness (QED) is 0.0108. The number of carboxylic acids is 1. The summed E-state index contributed by atoms with van der Waals surface area (Å²) in [7, 11) is -2.98. The van der Waals surface area contributed by atoms with E-state index in [1.807, 2.05) is 31.2 Å². The van der Waals surface area contributed by atoms with Crippen molar-refractivity contribution in [2.24, 2.45) is 15.3 Å². The number of carbonyl (C=O) groups excluding carboxylic acids is 4. The molecule has 0 saturated carbocycles. The number of amides is 2. The van der Waals surface area contributed by atoms with Gasteiger partial charge in [0.15, 0.2) is 5.78 Å². The van der Waals surface area contributed by atoms with Crippen LogP contribution in [0.4, 0.5) is 38.9 Å². The Hall–Kier alpha value is -9.27. The van der Waals surface area contributed by atoms with Gasteiger partial charge in [-0.05, 0) is 137 Å². The summed E-state index contributed by atoms with van der Waals surface area (Å²) in [5.41, 5.74) is 11.7. The molecular weight excluding hydrogens is 981 g/mol. The monoisotopic (exact) mass is 1030 g/mol. The third-order valence-electron chi connectivity index (χ3n) is 11.3. The first kappa shape index (κ1) is 53.5. The van der Waals surface area contributed by atoms with Crippen molar-refractivity contribution in [3.63, 3.8) is 0 Å². The smallest absolute Gasteiger partial charge is 0.338 e. The molecule has 6 N–H and O–H groups in total. The summed E-state index contributed by atoms with van der Waals surface area (Å²) in [4.78, 5) is 51.1. The number of rotatable bonds is 15. The van der Waals surface area contributed by atoms with Crippen LogP contribution in [-0.4, -0.2) is 69.2 Å². The molecule has 1 aliphatic heterocycles. The van der Waals surface area contributed by atoms with Crippen LogP contribution in [-0.2, 0) is 24.4 Å². The summed E-state index contributed by atoms with van der Waals surface area (Å²) < 4.78 is 48.9. The Morgan fingerprint density at radius 2 is 1.52 bits per heavy atom. The Kier molecular flexibility index (Phi) is 17.1. The lowest BCUT2D eigenvalue weighted by Gasteiger charge is -2.19. The number of aliphatic carboxylic acids is 1. The number of nitrogens with one attached hydrogen (secondary N) is 5. The Morgan fingerprint density at radius 1 is 0.787 bits per heavy atom. The molecule has 0 saturated heterocycles. The summed E-state index contributed by atoms with van der Waals surface area (Å²) in [5.74, 6) is -1.54. The van der Waals surface area contributed by atoms with Crippen molar-refractivity contribution in [2.45, 2.75) is 39.5 Å². The van der Waals surface area contributed by atoms with Gasteiger partial charge in [-0.3, -0.25) is 14.8 Å². The summed E-state index contributed by atoms with van der Waals surface area (Å²) in [6.45, 7) is 12.1. The fourth-order valence-electron chi connectivity index (χ4n) is 7.80. The van der Waals surface area contributed by atoms with Crippen LogP contribution in [0, 0.1) is 13.8 Å². The van der Waals surface area contributed by atoms with Gasteiger partial charge in [-0.15, -0.1) is 0 Å². The molecule has 0 atom stereocenters. The SMILES string of the molecule is CCNc1cc2oc3cc(=[NH+]CC)c(C)cc-3c(-c3ccccc3C(=O)OCC)c2cc1C.COc1cc(N=Nc2cccc(S(=O)(=O)O)c2)ccc1NC(=O)Nc1ccc(N/N=C2\C=CC(=O)C(C(=O)[O-])=C2)cc1. The molecule has 8 rings (SSSR count). The fourth-order valence-corrected chi connectivity index (χ4v) is 8.32. The molecule has 384 valence electrons. The Morgan fingerprint density at radius 3 is 2.21 bits per heavy atom. The zero-order valence-electron chi connectivity index (χ0n) is 41.6. The van der Waals surface area contributed by atoms with Crippen molar-refractivity contribution in [3.8, 4) is 28.2 Å². The molecule has 2 amide bonds. The van der Waals surface area contributed by atoms with Crippen molar-refractivity contribution >= 4 is 84.7 Å². The van der Waals surface area contributed by atoms with Crippen molar-refractivity contribution in [1.29, 1.82) is 0 Å². The Balaban J connectivity index is 0.000000225. The van der Waals surface area contributed by atoms with Gasteiger partial charge in [0.2, 0.25) is 5.36 Å². The second kappa shape index (κ2) is 24.0. The zero-order valence-corrected chi connectivity index (χ0v) is 42.4. The van der Waals surface area contributed by atoms with Crippen LogP contribution in [0.3, 0.4) is 0 Å². The Labute approximate surface area is 431 Å². The summed E-state index contributed by atoms with van der Waals surface area (Å²) in [6.07, 6.45) is 3.54. The molecule has 0 radical (unpaired) electrons. The number of ether oxygens (including phenoxy) is 2. The lowest BCUT2D eigenvalue weighted by atomic mass is 9.89. The van der Waals surface area contributed by atoms with Gasteiger partial charge in [0, 0.05) is 57.7 Å². The van der Waals surface area contributed by atoms with Crippen LogP contribution in [0.1, 0.15) is 42.3 Å². The molecule has 0 unspecified atom stereocenters. The highest BCUT2D eigenvalue weighted by atomic mass is 32.2. The molecule has 2 aliphatic carbocycles. The summed E-state index contributed by atoms with van der Waals surface area (Å²) in [6, 6.07) is 31.8. The average molecular weight is 1030 g/mol. The van der Waals surface area contributed by atoms with E-state index in [1.54, 1.807) is 36.4 Å². The third kappa shape index (κ3) is 13.2. The highest BCUT2D eigenvalue weighted by Gasteiger charge is 2.24. The number of allylic oxidation sites excluding steroid dienone is 3. The van der Waals surface area contributed by atoms with E-state index in [1.165, 1.54) is 37.5 Å². The highest BCUT2D eigenvalue weighted by molar-refractivity contribution is 7.85. The number of azo groups is 1. The number of carboxylic acid groups (broad SMARTS) is 1. The Bertz CT molecular complexity index is 3620. The van der Waals surface area contributed by atoms with Gasteiger partial charge in [-0.25, -0.2) is 14.6 Å². The minimum absolute atomic E-state index is 0.198. The maximum Gasteiger partial charge on any atom is 0.338 e. The van der Waals surface area contributed by atoms with Gasteiger partial charge in [-0.1, -0.05) is 24.3 Å². The number of esters is 1. The predicted molar refractivity (Wildman–Crippen MR) is 283 cm³/mol. The standard InChI is InChI=1S/C28H30N2O3.C27H22N6O8S/c1-6-29-23-15-25-21(13-17(23)4)27(19-11-9-10-12-20(19)28(31)32-8-3)22-14-18(5)24(30-7-2)16-26(22)33-25;1-41-25-15-20(33-31-18-3-2-4-21(13-18)42(38,39)40)9-11-23(25)29-27(37)28-16-5-7-17(8-6-16)30-32-19-10-12-24(34)22(14-19)26(35)36/h9-16,29H,6-8H2,1-5H3;2-15,30H,1H3,(H,35,36)(H2,28,29,37)(H,38,39,40)/b;32-19+,33-31?. The highest BCUT2D eigenvalue weighted by Crippen LogP contribution is 2.43. The normalized spacial score (nSPS) is 13.1. The number of carbonyl (C=O) groups is 4. The molecule has 5 aromatic carbocycles. The number of ketones is 1. The van der Waals surface area contributed by atoms with E-state index in [2.05, 4.69) is 93.7 Å². The van der Waals surface area contributed by atoms with Crippen LogP contribution in [0.5, 0.6) is 5.75 Å². The van der Waals surface area contributed by atoms with Crippen LogP contribution in [0.15, 0.2) is 164 Å². The second-order valence-corrected chi connectivity index (χ2v) is 18.0. The van der Waals surface area contributed by atoms with Crippen molar-refractivity contribution in [3.05, 3.63) is 161 Å². The lowest BCUT2D eigenvalue weighted by Crippen LogP contribution is -2.76. The molecule has 1 heterocycles. The number of benzene rings is 6. The molecule has 3 aliphatic rings. The number of nitrogens with zero attached hydrogens (tertiary/aromatic N) is 3. The van der Waals surface area contributed by atoms with E-state index in [-0.39, 0.29) is 28.0 Å². The maximum atomic E-state index is 12.9. The first-order valence-corrected chi connectivity index (χ1v) is 24.9. The van der Waals surface area contributed by atoms with Gasteiger partial charge in [-0.2, -0.15) is 23.7 Å². The minimum Gasteiger partial charge on any atom is -0.545 e. The van der Waals surface area contributed by atoms with E-state index in [4.69, 9.17) is 13.9 Å². The minimum atomic E-state index is -4.38. The second-order valence-electron chi connectivity index (χ2n) is 16.5. The average Bonchev–Trinajstić information content (AvgIpc) is 3.39. The largest absolute Gasteiger partial charge is 0.545 e. The first-order valence-electron chi connectivity index (χ1n) is 23.4. The molecule has 5 aromatic rings. The number of anilines is 4. The van der Waals surface area contributed by atoms with E-state index >= 15 is 0 Å². The van der Waals surface area contributed by atoms with Crippen molar-refractivity contribution in [1.82, 2.24) is 0 Å². The van der Waals surface area contributed by atoms with Crippen molar-refractivity contribution < 1.29 is 56.1 Å². The molecule has 19 nitrogen and oxygen atoms in total. The van der Waals surface area contributed by atoms with Gasteiger partial charge in [0.25, 0.3) is 10.1 Å². The molecule has 0 fully saturated rings. The molecule has 0 aromatic heterocycles. The predicted octanol–water partition coefficient (Wildman–Crippen LogP) is 8.02. The van der Waals surface area contributed by atoms with Crippen LogP contribution in [0.25, 0.3) is 33.4 Å². The third-order valence-corrected chi connectivity index (χ3v) is 12.2. The number of hydrogen-bond acceptors (Lipinski definition) is 15. The lowest BCUT2D eigenvalue weighted by molar-refractivity contribution is -0.496. The van der Waals surface area contributed by atoms with E-state index < -0.39 is 33.5 Å². The van der Waals surface area contributed by atoms with E-state index in [0.717, 1.165) is 86.9 Å². The van der Waals surface area contributed by atoms with Crippen LogP contribution >= 0.6 is 0 Å². The topological polar surface area (TPSA) is 276 Å². The molecule has 0 bridgehead atoms. The van der Waals surface area contributed by atoms with Gasteiger partial charge in [0.05, 0.1) is 64.7 Å². The number of hydrogen-bond donors (Lipinski definition) is 6. The molecular formula is C55H52N8O11S. The van der Waals surface area contributed by atoms with Gasteiger partial charge in [0.1, 0.15) is 23.6 Å². The van der Waals surface area contributed by atoms with Crippen LogP contribution < -0.4 is 41.6 Å².